The molecule has 3 rings (SSSR count). The molecule has 0 aromatic heterocycles. The van der Waals surface area contributed by atoms with E-state index in [2.05, 4.69) is 63.8 Å². The molecule has 1 atom stereocenters. The minimum absolute atomic E-state index is 0. The number of benzene rings is 2. The topological polar surface area (TPSA) is 58.1 Å². The summed E-state index contributed by atoms with van der Waals surface area (Å²) in [6.45, 7) is 6.99. The Balaban J connectivity index is 0.00000320. The lowest BCUT2D eigenvalue weighted by atomic mass is 10.0. The largest absolute Gasteiger partial charge is 0.497 e. The van der Waals surface area contributed by atoms with E-state index in [1.54, 1.807) is 7.11 Å². The highest BCUT2D eigenvalue weighted by atomic mass is 127. The Labute approximate surface area is 197 Å². The molecule has 7 heteroatoms. The zero-order valence-electron chi connectivity index (χ0n) is 18.1. The summed E-state index contributed by atoms with van der Waals surface area (Å²) >= 11 is 0. The lowest BCUT2D eigenvalue weighted by molar-refractivity contribution is 0.0170. The first kappa shape index (κ1) is 24.4. The van der Waals surface area contributed by atoms with Gasteiger partial charge in [0, 0.05) is 33.2 Å². The van der Waals surface area contributed by atoms with Gasteiger partial charge in [0.25, 0.3) is 0 Å². The molecule has 1 fully saturated rings. The molecule has 0 saturated carbocycles. The van der Waals surface area contributed by atoms with Crippen molar-refractivity contribution >= 4 is 29.9 Å². The maximum Gasteiger partial charge on any atom is 0.191 e. The molecular formula is C23H33IN4O2. The van der Waals surface area contributed by atoms with E-state index in [9.17, 15) is 0 Å². The fourth-order valence-corrected chi connectivity index (χ4v) is 3.48. The molecule has 1 saturated heterocycles. The molecule has 164 valence electrons. The molecule has 2 N–H and O–H groups in total. The normalized spacial score (nSPS) is 15.8. The number of morpholine rings is 1. The van der Waals surface area contributed by atoms with Gasteiger partial charge in [0.2, 0.25) is 0 Å². The van der Waals surface area contributed by atoms with Crippen LogP contribution in [0.15, 0.2) is 53.5 Å². The molecule has 6 nitrogen and oxygen atoms in total. The Morgan fingerprint density at radius 2 is 1.73 bits per heavy atom. The summed E-state index contributed by atoms with van der Waals surface area (Å²) in [5.74, 6) is 1.68. The molecule has 0 amide bonds. The number of rotatable bonds is 7. The number of ether oxygens (including phenoxy) is 2. The number of aliphatic imine (C=N–C) groups is 1. The van der Waals surface area contributed by atoms with Crippen molar-refractivity contribution in [3.63, 3.8) is 0 Å². The number of halogens is 1. The van der Waals surface area contributed by atoms with Crippen LogP contribution in [-0.2, 0) is 11.3 Å². The van der Waals surface area contributed by atoms with Crippen LogP contribution in [-0.4, -0.2) is 57.9 Å². The highest BCUT2D eigenvalue weighted by Crippen LogP contribution is 2.23. The predicted octanol–water partition coefficient (Wildman–Crippen LogP) is 3.36. The molecule has 0 aliphatic carbocycles. The molecule has 30 heavy (non-hydrogen) atoms. The molecule has 1 unspecified atom stereocenters. The van der Waals surface area contributed by atoms with E-state index < -0.39 is 0 Å². The third kappa shape index (κ3) is 7.14. The summed E-state index contributed by atoms with van der Waals surface area (Å²) < 4.78 is 10.9. The van der Waals surface area contributed by atoms with Crippen molar-refractivity contribution in [1.82, 2.24) is 15.5 Å². The summed E-state index contributed by atoms with van der Waals surface area (Å²) in [6.07, 6.45) is 0. The first-order valence-electron chi connectivity index (χ1n) is 10.2. The van der Waals surface area contributed by atoms with Crippen LogP contribution >= 0.6 is 24.0 Å². The van der Waals surface area contributed by atoms with Crippen LogP contribution in [0.25, 0.3) is 0 Å². The van der Waals surface area contributed by atoms with Gasteiger partial charge < -0.3 is 20.1 Å². The molecule has 0 spiro atoms. The summed E-state index contributed by atoms with van der Waals surface area (Å²) in [7, 11) is 3.50. The predicted molar refractivity (Wildman–Crippen MR) is 133 cm³/mol. The van der Waals surface area contributed by atoms with E-state index in [1.807, 2.05) is 19.2 Å². The molecule has 1 heterocycles. The minimum Gasteiger partial charge on any atom is -0.497 e. The Kier molecular flexibility index (Phi) is 10.4. The van der Waals surface area contributed by atoms with Gasteiger partial charge in [0.05, 0.1) is 26.4 Å². The van der Waals surface area contributed by atoms with Crippen LogP contribution in [0.4, 0.5) is 0 Å². The summed E-state index contributed by atoms with van der Waals surface area (Å²) in [4.78, 5) is 6.85. The first-order chi connectivity index (χ1) is 14.2. The van der Waals surface area contributed by atoms with Gasteiger partial charge in [-0.05, 0) is 30.2 Å². The fourth-order valence-electron chi connectivity index (χ4n) is 3.48. The third-order valence-electron chi connectivity index (χ3n) is 5.25. The summed E-state index contributed by atoms with van der Waals surface area (Å²) in [5.41, 5.74) is 3.76. The van der Waals surface area contributed by atoms with Gasteiger partial charge in [0.1, 0.15) is 5.75 Å². The van der Waals surface area contributed by atoms with Crippen LogP contribution in [0, 0.1) is 6.92 Å². The average Bonchev–Trinajstić information content (AvgIpc) is 2.78. The number of aryl methyl sites for hydroxylation is 1. The van der Waals surface area contributed by atoms with Crippen molar-refractivity contribution in [3.05, 3.63) is 65.2 Å². The van der Waals surface area contributed by atoms with Crippen LogP contribution in [0.3, 0.4) is 0 Å². The van der Waals surface area contributed by atoms with Crippen LogP contribution < -0.4 is 15.4 Å². The van der Waals surface area contributed by atoms with Crippen LogP contribution in [0.5, 0.6) is 5.75 Å². The zero-order valence-corrected chi connectivity index (χ0v) is 20.4. The van der Waals surface area contributed by atoms with Crippen LogP contribution in [0.2, 0.25) is 0 Å². The summed E-state index contributed by atoms with van der Waals surface area (Å²) in [6, 6.07) is 17.1. The SMILES string of the molecule is CN=C(NCc1ccc(C)cc1)NCC(c1ccc(OC)cc1)N1CCOCC1.I. The van der Waals surface area contributed by atoms with Gasteiger partial charge in [-0.25, -0.2) is 0 Å². The van der Waals surface area contributed by atoms with Gasteiger partial charge in [-0.15, -0.1) is 24.0 Å². The van der Waals surface area contributed by atoms with Gasteiger partial charge in [-0.2, -0.15) is 0 Å². The maximum absolute atomic E-state index is 5.55. The Hall–Kier alpha value is -1.84. The molecule has 1 aliphatic heterocycles. The average molecular weight is 524 g/mol. The number of nitrogens with one attached hydrogen (secondary N) is 2. The van der Waals surface area contributed by atoms with E-state index in [-0.39, 0.29) is 30.0 Å². The number of guanidine groups is 1. The van der Waals surface area contributed by atoms with E-state index in [0.29, 0.717) is 0 Å². The molecule has 0 bridgehead atoms. The van der Waals surface area contributed by atoms with Gasteiger partial charge >= 0.3 is 0 Å². The lowest BCUT2D eigenvalue weighted by Gasteiger charge is -2.35. The first-order valence-corrected chi connectivity index (χ1v) is 10.2. The van der Waals surface area contributed by atoms with Gasteiger partial charge in [0.15, 0.2) is 5.96 Å². The second-order valence-corrected chi connectivity index (χ2v) is 7.23. The lowest BCUT2D eigenvalue weighted by Crippen LogP contribution is -2.46. The van der Waals surface area contributed by atoms with E-state index in [4.69, 9.17) is 9.47 Å². The van der Waals surface area contributed by atoms with Crippen molar-refractivity contribution in [2.75, 3.05) is 47.0 Å². The number of hydrogen-bond acceptors (Lipinski definition) is 4. The second kappa shape index (κ2) is 12.8. The van der Waals surface area contributed by atoms with E-state index >= 15 is 0 Å². The maximum atomic E-state index is 5.55. The second-order valence-electron chi connectivity index (χ2n) is 7.23. The summed E-state index contributed by atoms with van der Waals surface area (Å²) in [5, 5.41) is 6.91. The monoisotopic (exact) mass is 524 g/mol. The van der Waals surface area contributed by atoms with Crippen molar-refractivity contribution in [1.29, 1.82) is 0 Å². The van der Waals surface area contributed by atoms with Crippen molar-refractivity contribution in [3.8, 4) is 5.75 Å². The number of methoxy groups -OCH3 is 1. The van der Waals surface area contributed by atoms with Crippen molar-refractivity contribution < 1.29 is 9.47 Å². The van der Waals surface area contributed by atoms with Crippen molar-refractivity contribution in [2.45, 2.75) is 19.5 Å². The van der Waals surface area contributed by atoms with Crippen LogP contribution in [0.1, 0.15) is 22.7 Å². The molecular weight excluding hydrogens is 491 g/mol. The smallest absolute Gasteiger partial charge is 0.191 e. The Bertz CT molecular complexity index is 775. The number of nitrogens with zero attached hydrogens (tertiary/aromatic N) is 2. The van der Waals surface area contributed by atoms with Gasteiger partial charge in [-0.1, -0.05) is 42.0 Å². The van der Waals surface area contributed by atoms with Crippen molar-refractivity contribution in [2.24, 2.45) is 4.99 Å². The standard InChI is InChI=1S/C23H32N4O2.HI/c1-18-4-6-19(7-5-18)16-25-23(24-2)26-17-22(27-12-14-29-15-13-27)20-8-10-21(28-3)11-9-20;/h4-11,22H,12-17H2,1-3H3,(H2,24,25,26);1H. The van der Waals surface area contributed by atoms with E-state index in [1.165, 1.54) is 16.7 Å². The molecule has 0 radical (unpaired) electrons. The molecule has 1 aliphatic rings. The number of hydrogen-bond donors (Lipinski definition) is 2. The highest BCUT2D eigenvalue weighted by molar-refractivity contribution is 14.0. The highest BCUT2D eigenvalue weighted by Gasteiger charge is 2.23. The Morgan fingerprint density at radius 3 is 2.33 bits per heavy atom. The quantitative estimate of drug-likeness (QED) is 0.331. The zero-order chi connectivity index (χ0) is 20.5. The Morgan fingerprint density at radius 1 is 1.07 bits per heavy atom. The van der Waals surface area contributed by atoms with Gasteiger partial charge in [-0.3, -0.25) is 9.89 Å². The molecule has 2 aromatic carbocycles. The minimum atomic E-state index is 0. The molecule has 2 aromatic rings. The third-order valence-corrected chi connectivity index (χ3v) is 5.25. The fraction of sp³-hybridized carbons (Fsp3) is 0.435. The van der Waals surface area contributed by atoms with E-state index in [0.717, 1.165) is 51.1 Å².